The molecule has 1 spiro atoms. The van der Waals surface area contributed by atoms with Crippen LogP contribution >= 0.6 is 11.6 Å². The van der Waals surface area contributed by atoms with Crippen molar-refractivity contribution in [3.8, 4) is 23.2 Å². The number of nitrogens with two attached hydrogens (primary N) is 1. The number of rotatable bonds is 2. The van der Waals surface area contributed by atoms with Crippen molar-refractivity contribution in [1.29, 1.82) is 5.26 Å². The Morgan fingerprint density at radius 2 is 2.00 bits per heavy atom. The molecular weight excluding hydrogens is 402 g/mol. The van der Waals surface area contributed by atoms with Crippen molar-refractivity contribution in [2.75, 3.05) is 11.4 Å². The van der Waals surface area contributed by atoms with Gasteiger partial charge in [-0.25, -0.2) is 0 Å². The highest BCUT2D eigenvalue weighted by molar-refractivity contribution is 6.30. The molecule has 0 radical (unpaired) electrons. The number of ether oxygens (including phenoxy) is 1. The Labute approximate surface area is 177 Å². The zero-order valence-corrected chi connectivity index (χ0v) is 16.7. The van der Waals surface area contributed by atoms with Gasteiger partial charge in [0, 0.05) is 28.4 Å². The van der Waals surface area contributed by atoms with E-state index in [0.29, 0.717) is 28.4 Å². The predicted molar refractivity (Wildman–Crippen MR) is 112 cm³/mol. The van der Waals surface area contributed by atoms with Gasteiger partial charge < -0.3 is 15.4 Å². The van der Waals surface area contributed by atoms with E-state index in [1.165, 1.54) is 0 Å². The lowest BCUT2D eigenvalue weighted by atomic mass is 9.68. The van der Waals surface area contributed by atoms with Crippen LogP contribution in [0.4, 0.5) is 5.69 Å². The van der Waals surface area contributed by atoms with Gasteiger partial charge in [0.25, 0.3) is 0 Å². The summed E-state index contributed by atoms with van der Waals surface area (Å²) in [5.74, 6) is -0.204. The summed E-state index contributed by atoms with van der Waals surface area (Å²) in [5, 5.41) is 17.9. The van der Waals surface area contributed by atoms with Crippen LogP contribution in [0.5, 0.6) is 5.88 Å². The van der Waals surface area contributed by atoms with Crippen LogP contribution in [0, 0.1) is 11.3 Å². The third-order valence-electron chi connectivity index (χ3n) is 5.66. The number of aromatic amines is 1. The molecule has 3 heterocycles. The summed E-state index contributed by atoms with van der Waals surface area (Å²) in [6, 6.07) is 16.7. The second-order valence-corrected chi connectivity index (χ2v) is 7.49. The molecule has 5 rings (SSSR count). The summed E-state index contributed by atoms with van der Waals surface area (Å²) >= 11 is 6.05. The molecule has 8 heteroatoms. The Balaban J connectivity index is 1.90. The Kier molecular flexibility index (Phi) is 3.88. The fourth-order valence-corrected chi connectivity index (χ4v) is 4.55. The number of amides is 1. The van der Waals surface area contributed by atoms with Crippen molar-refractivity contribution < 1.29 is 9.53 Å². The van der Waals surface area contributed by atoms with Crippen LogP contribution in [0.1, 0.15) is 18.1 Å². The van der Waals surface area contributed by atoms with Crippen LogP contribution in [0.15, 0.2) is 60.0 Å². The maximum atomic E-state index is 14.0. The molecule has 0 fully saturated rings. The molecule has 0 saturated carbocycles. The summed E-state index contributed by atoms with van der Waals surface area (Å²) in [7, 11) is 0. The van der Waals surface area contributed by atoms with Crippen molar-refractivity contribution in [1.82, 2.24) is 10.2 Å². The number of nitrogens with zero attached hydrogens (tertiary/aromatic N) is 3. The summed E-state index contributed by atoms with van der Waals surface area (Å²) in [4.78, 5) is 15.6. The number of carbonyl (C=O) groups excluding carboxylic acids is 1. The number of halogens is 1. The molecule has 2 aliphatic rings. The number of aromatic nitrogens is 2. The third-order valence-corrected chi connectivity index (χ3v) is 5.91. The van der Waals surface area contributed by atoms with Gasteiger partial charge in [-0.3, -0.25) is 9.89 Å². The summed E-state index contributed by atoms with van der Waals surface area (Å²) in [6.07, 6.45) is 0. The minimum Gasteiger partial charge on any atom is -0.420 e. The Morgan fingerprint density at radius 3 is 2.70 bits per heavy atom. The van der Waals surface area contributed by atoms with E-state index in [1.54, 1.807) is 17.0 Å². The number of nitriles is 1. The average Bonchev–Trinajstić information content (AvgIpc) is 3.27. The normalized spacial score (nSPS) is 19.5. The van der Waals surface area contributed by atoms with Crippen molar-refractivity contribution in [2.24, 2.45) is 5.73 Å². The summed E-state index contributed by atoms with van der Waals surface area (Å²) in [5.41, 5.74) is 7.96. The average molecular weight is 418 g/mol. The van der Waals surface area contributed by atoms with Crippen LogP contribution in [0.25, 0.3) is 11.3 Å². The Hall–Kier alpha value is -3.76. The first-order chi connectivity index (χ1) is 14.5. The number of fused-ring (bicyclic) bond motifs is 4. The number of hydrogen-bond donors (Lipinski definition) is 2. The summed E-state index contributed by atoms with van der Waals surface area (Å²) < 4.78 is 5.68. The second kappa shape index (κ2) is 6.37. The molecular formula is C22H16ClN5O2. The highest BCUT2D eigenvalue weighted by Crippen LogP contribution is 2.56. The number of carbonyl (C=O) groups is 1. The SMILES string of the molecule is CCN1C(=O)[C@@]2(C(C#N)=C(N)Oc3n[nH]c(-c4ccc(Cl)cc4)c32)c2ccccc21. The molecule has 2 aromatic carbocycles. The number of H-pyrrole nitrogens is 1. The zero-order valence-electron chi connectivity index (χ0n) is 15.9. The third kappa shape index (κ3) is 2.14. The van der Waals surface area contributed by atoms with Gasteiger partial charge in [-0.05, 0) is 25.1 Å². The van der Waals surface area contributed by atoms with Gasteiger partial charge in [0.15, 0.2) is 0 Å². The lowest BCUT2D eigenvalue weighted by Crippen LogP contribution is -2.45. The number of likely N-dealkylation sites (N-methyl/N-ethyl adjacent to an activating group) is 1. The molecule has 0 bridgehead atoms. The van der Waals surface area contributed by atoms with Crippen molar-refractivity contribution in [2.45, 2.75) is 12.3 Å². The first-order valence-electron chi connectivity index (χ1n) is 9.38. The number of benzene rings is 2. The van der Waals surface area contributed by atoms with E-state index in [-0.39, 0.29) is 23.2 Å². The predicted octanol–water partition coefficient (Wildman–Crippen LogP) is 3.47. The van der Waals surface area contributed by atoms with E-state index >= 15 is 0 Å². The van der Waals surface area contributed by atoms with Gasteiger partial charge in [-0.2, -0.15) is 5.26 Å². The van der Waals surface area contributed by atoms with Gasteiger partial charge in [0.05, 0.1) is 11.3 Å². The zero-order chi connectivity index (χ0) is 21.0. The first-order valence-corrected chi connectivity index (χ1v) is 9.76. The maximum Gasteiger partial charge on any atom is 0.247 e. The van der Waals surface area contributed by atoms with Crippen LogP contribution in [-0.2, 0) is 10.2 Å². The fraction of sp³-hybridized carbons (Fsp3) is 0.136. The Bertz CT molecular complexity index is 1270. The van der Waals surface area contributed by atoms with E-state index in [4.69, 9.17) is 22.1 Å². The molecule has 30 heavy (non-hydrogen) atoms. The van der Waals surface area contributed by atoms with Crippen molar-refractivity contribution in [3.05, 3.63) is 76.1 Å². The van der Waals surface area contributed by atoms with Gasteiger partial charge in [-0.15, -0.1) is 5.10 Å². The van der Waals surface area contributed by atoms with E-state index in [0.717, 1.165) is 11.3 Å². The first kappa shape index (κ1) is 18.3. The lowest BCUT2D eigenvalue weighted by molar-refractivity contribution is -0.120. The van der Waals surface area contributed by atoms with Gasteiger partial charge >= 0.3 is 0 Å². The molecule has 148 valence electrons. The quantitative estimate of drug-likeness (QED) is 0.663. The van der Waals surface area contributed by atoms with E-state index in [2.05, 4.69) is 16.3 Å². The summed E-state index contributed by atoms with van der Waals surface area (Å²) in [6.45, 7) is 2.34. The van der Waals surface area contributed by atoms with Crippen molar-refractivity contribution >= 4 is 23.2 Å². The number of anilines is 1. The van der Waals surface area contributed by atoms with Crippen LogP contribution < -0.4 is 15.4 Å². The molecule has 7 nitrogen and oxygen atoms in total. The van der Waals surface area contributed by atoms with Gasteiger partial charge in [0.2, 0.25) is 17.7 Å². The Morgan fingerprint density at radius 1 is 1.27 bits per heavy atom. The molecule has 3 aromatic rings. The molecule has 1 aromatic heterocycles. The molecule has 1 amide bonds. The molecule has 2 aliphatic heterocycles. The van der Waals surface area contributed by atoms with E-state index in [9.17, 15) is 10.1 Å². The monoisotopic (exact) mass is 417 g/mol. The largest absolute Gasteiger partial charge is 0.420 e. The van der Waals surface area contributed by atoms with Gasteiger partial charge in [-0.1, -0.05) is 41.9 Å². The highest BCUT2D eigenvalue weighted by atomic mass is 35.5. The van der Waals surface area contributed by atoms with Crippen LogP contribution in [0.3, 0.4) is 0 Å². The molecule has 1 atom stereocenters. The minimum absolute atomic E-state index is 0.0556. The van der Waals surface area contributed by atoms with Crippen LogP contribution in [-0.4, -0.2) is 22.6 Å². The van der Waals surface area contributed by atoms with E-state index < -0.39 is 5.41 Å². The number of hydrogen-bond acceptors (Lipinski definition) is 5. The molecule has 0 aliphatic carbocycles. The van der Waals surface area contributed by atoms with Crippen molar-refractivity contribution in [3.63, 3.8) is 0 Å². The maximum absolute atomic E-state index is 14.0. The van der Waals surface area contributed by atoms with Gasteiger partial charge in [0.1, 0.15) is 17.1 Å². The molecule has 0 unspecified atom stereocenters. The smallest absolute Gasteiger partial charge is 0.247 e. The number of nitrogens with one attached hydrogen (secondary N) is 1. The molecule has 0 saturated heterocycles. The highest BCUT2D eigenvalue weighted by Gasteiger charge is 2.60. The lowest BCUT2D eigenvalue weighted by Gasteiger charge is -2.32. The minimum atomic E-state index is -1.44. The standard InChI is InChI=1S/C22H16ClN5O2/c1-2-28-16-6-4-3-5-14(16)22(21(28)29)15(11-24)19(25)30-20-17(22)18(26-27-20)12-7-9-13(23)10-8-12/h3-10H,2,25H2,1H3,(H,26,27)/t22-/m1/s1. The van der Waals surface area contributed by atoms with Crippen LogP contribution in [0.2, 0.25) is 5.02 Å². The fourth-order valence-electron chi connectivity index (χ4n) is 4.43. The second-order valence-electron chi connectivity index (χ2n) is 7.06. The van der Waals surface area contributed by atoms with E-state index in [1.807, 2.05) is 43.3 Å². The number of para-hydroxylation sites is 1. The topological polar surface area (TPSA) is 108 Å². The molecule has 3 N–H and O–H groups in total.